The molecule has 1 aliphatic heterocycles. The van der Waals surface area contributed by atoms with Crippen molar-refractivity contribution in [1.82, 2.24) is 19.8 Å². The summed E-state index contributed by atoms with van der Waals surface area (Å²) in [6.45, 7) is 5.81. The monoisotopic (exact) mass is 388 g/mol. The summed E-state index contributed by atoms with van der Waals surface area (Å²) in [6, 6.07) is 2.71. The number of methoxy groups -OCH3 is 1. The van der Waals surface area contributed by atoms with Crippen LogP contribution in [0.3, 0.4) is 0 Å². The lowest BCUT2D eigenvalue weighted by atomic mass is 10.1. The fraction of sp³-hybridized carbons (Fsp3) is 0.474. The second kappa shape index (κ2) is 7.59. The Morgan fingerprint density at radius 2 is 2.11 bits per heavy atom. The molecule has 2 aromatic heterocycles. The van der Waals surface area contributed by atoms with E-state index in [-0.39, 0.29) is 25.5 Å². The summed E-state index contributed by atoms with van der Waals surface area (Å²) in [5, 5.41) is 3.65. The van der Waals surface area contributed by atoms with Crippen molar-refractivity contribution in [1.29, 1.82) is 0 Å². The molecular formula is C19H24N4O5. The quantitative estimate of drug-likeness (QED) is 0.791. The van der Waals surface area contributed by atoms with E-state index in [4.69, 9.17) is 9.47 Å². The molecule has 0 aliphatic carbocycles. The van der Waals surface area contributed by atoms with Gasteiger partial charge in [0.15, 0.2) is 0 Å². The van der Waals surface area contributed by atoms with Crippen LogP contribution in [-0.4, -0.2) is 64.3 Å². The minimum absolute atomic E-state index is 0.0637. The minimum atomic E-state index is -0.769. The second-order valence-corrected chi connectivity index (χ2v) is 7.58. The third kappa shape index (κ3) is 3.99. The van der Waals surface area contributed by atoms with Gasteiger partial charge in [0, 0.05) is 30.0 Å². The third-order valence-corrected chi connectivity index (χ3v) is 4.37. The molecule has 1 atom stereocenters. The van der Waals surface area contributed by atoms with Crippen molar-refractivity contribution in [2.75, 3.05) is 20.2 Å². The van der Waals surface area contributed by atoms with E-state index in [1.807, 2.05) is 0 Å². The molecule has 1 aliphatic rings. The Balaban J connectivity index is 2.02. The van der Waals surface area contributed by atoms with Gasteiger partial charge in [-0.25, -0.2) is 14.2 Å². The van der Waals surface area contributed by atoms with Crippen molar-refractivity contribution in [2.45, 2.75) is 39.0 Å². The predicted octanol–water partition coefficient (Wildman–Crippen LogP) is 1.29. The summed E-state index contributed by atoms with van der Waals surface area (Å²) >= 11 is 0. The lowest BCUT2D eigenvalue weighted by Crippen LogP contribution is -2.58. The number of rotatable bonds is 3. The largest absolute Gasteiger partial charge is 0.467 e. The zero-order valence-corrected chi connectivity index (χ0v) is 16.4. The van der Waals surface area contributed by atoms with Gasteiger partial charge in [-0.2, -0.15) is 0 Å². The highest BCUT2D eigenvalue weighted by Gasteiger charge is 2.35. The molecule has 3 rings (SSSR count). The van der Waals surface area contributed by atoms with Crippen LogP contribution in [0.4, 0.5) is 4.79 Å². The number of piperazine rings is 1. The maximum absolute atomic E-state index is 12.9. The molecule has 0 spiro atoms. The van der Waals surface area contributed by atoms with E-state index in [0.717, 1.165) is 5.39 Å². The van der Waals surface area contributed by atoms with E-state index in [1.165, 1.54) is 16.6 Å². The van der Waals surface area contributed by atoms with Crippen LogP contribution in [0.5, 0.6) is 0 Å². The standard InChI is InChI=1S/C19H24N4O5/c1-19(2,3)28-18(26)23-13(7-12-8-20-6-5-14(12)23)11-22-15(17(25)27-4)9-21-10-16(22)24/h5-8,15,21H,9-11H2,1-4H3. The number of nitrogens with one attached hydrogen (secondary N) is 1. The van der Waals surface area contributed by atoms with Crippen molar-refractivity contribution in [3.8, 4) is 0 Å². The highest BCUT2D eigenvalue weighted by molar-refractivity contribution is 5.91. The highest BCUT2D eigenvalue weighted by Crippen LogP contribution is 2.23. The van der Waals surface area contributed by atoms with Crippen LogP contribution < -0.4 is 5.32 Å². The molecule has 1 unspecified atom stereocenters. The average molecular weight is 388 g/mol. The van der Waals surface area contributed by atoms with Gasteiger partial charge in [0.25, 0.3) is 0 Å². The second-order valence-electron chi connectivity index (χ2n) is 7.58. The van der Waals surface area contributed by atoms with Crippen LogP contribution in [0.1, 0.15) is 26.5 Å². The maximum Gasteiger partial charge on any atom is 0.419 e. The first-order chi connectivity index (χ1) is 13.2. The SMILES string of the molecule is COC(=O)C1CNCC(=O)N1Cc1cc2cnccc2n1C(=O)OC(C)(C)C. The summed E-state index contributed by atoms with van der Waals surface area (Å²) in [4.78, 5) is 43.0. The topological polar surface area (TPSA) is 103 Å². The van der Waals surface area contributed by atoms with Crippen molar-refractivity contribution < 1.29 is 23.9 Å². The number of hydrogen-bond acceptors (Lipinski definition) is 7. The van der Waals surface area contributed by atoms with Gasteiger partial charge < -0.3 is 19.7 Å². The van der Waals surface area contributed by atoms with Crippen molar-refractivity contribution in [2.24, 2.45) is 0 Å². The molecule has 1 saturated heterocycles. The van der Waals surface area contributed by atoms with E-state index in [1.54, 1.807) is 45.3 Å². The summed E-state index contributed by atoms with van der Waals surface area (Å²) in [6.07, 6.45) is 2.66. The van der Waals surface area contributed by atoms with E-state index in [9.17, 15) is 14.4 Å². The summed E-state index contributed by atoms with van der Waals surface area (Å²) < 4.78 is 11.8. The normalized spacial score (nSPS) is 17.6. The Labute approximate surface area is 162 Å². The smallest absolute Gasteiger partial charge is 0.419 e. The molecule has 1 N–H and O–H groups in total. The van der Waals surface area contributed by atoms with Gasteiger partial charge in [-0.1, -0.05) is 0 Å². The average Bonchev–Trinajstić information content (AvgIpc) is 2.99. The summed E-state index contributed by atoms with van der Waals surface area (Å²) in [7, 11) is 1.28. The molecule has 3 heterocycles. The van der Waals surface area contributed by atoms with Crippen molar-refractivity contribution in [3.05, 3.63) is 30.2 Å². The number of amides is 1. The molecular weight excluding hydrogens is 364 g/mol. The van der Waals surface area contributed by atoms with Gasteiger partial charge in [-0.15, -0.1) is 0 Å². The minimum Gasteiger partial charge on any atom is -0.467 e. The number of ether oxygens (including phenoxy) is 2. The molecule has 0 bridgehead atoms. The molecule has 9 heteroatoms. The van der Waals surface area contributed by atoms with Gasteiger partial charge >= 0.3 is 12.1 Å². The van der Waals surface area contributed by atoms with Crippen LogP contribution in [0.15, 0.2) is 24.5 Å². The molecule has 9 nitrogen and oxygen atoms in total. The fourth-order valence-corrected chi connectivity index (χ4v) is 3.17. The van der Waals surface area contributed by atoms with Gasteiger partial charge in [-0.05, 0) is 32.9 Å². The van der Waals surface area contributed by atoms with E-state index in [0.29, 0.717) is 11.2 Å². The number of esters is 1. The predicted molar refractivity (Wildman–Crippen MR) is 101 cm³/mol. The molecule has 2 aromatic rings. The zero-order chi connectivity index (χ0) is 20.5. The Morgan fingerprint density at radius 1 is 1.36 bits per heavy atom. The Hall–Kier alpha value is -2.94. The first-order valence-electron chi connectivity index (χ1n) is 8.97. The Kier molecular flexibility index (Phi) is 5.37. The van der Waals surface area contributed by atoms with E-state index >= 15 is 0 Å². The van der Waals surface area contributed by atoms with Gasteiger partial charge in [-0.3, -0.25) is 9.78 Å². The van der Waals surface area contributed by atoms with Gasteiger partial charge in [0.05, 0.1) is 25.7 Å². The fourth-order valence-electron chi connectivity index (χ4n) is 3.17. The van der Waals surface area contributed by atoms with E-state index < -0.39 is 23.7 Å². The van der Waals surface area contributed by atoms with Crippen LogP contribution in [-0.2, 0) is 25.6 Å². The van der Waals surface area contributed by atoms with Crippen molar-refractivity contribution in [3.63, 3.8) is 0 Å². The number of carbonyl (C=O) groups excluding carboxylic acids is 3. The van der Waals surface area contributed by atoms with Crippen LogP contribution in [0, 0.1) is 0 Å². The molecule has 1 amide bonds. The lowest BCUT2D eigenvalue weighted by Gasteiger charge is -2.34. The lowest BCUT2D eigenvalue weighted by molar-refractivity contribution is -0.155. The van der Waals surface area contributed by atoms with Crippen LogP contribution >= 0.6 is 0 Å². The van der Waals surface area contributed by atoms with Crippen molar-refractivity contribution >= 4 is 28.9 Å². The number of carbonyl (C=O) groups is 3. The molecule has 0 saturated carbocycles. The summed E-state index contributed by atoms with van der Waals surface area (Å²) in [5.74, 6) is -0.761. The first-order valence-corrected chi connectivity index (χ1v) is 8.97. The number of nitrogens with zero attached hydrogens (tertiary/aromatic N) is 3. The molecule has 150 valence electrons. The van der Waals surface area contributed by atoms with Gasteiger partial charge in [0.2, 0.25) is 5.91 Å². The Bertz CT molecular complexity index is 915. The molecule has 1 fully saturated rings. The molecule has 28 heavy (non-hydrogen) atoms. The Morgan fingerprint density at radius 3 is 2.79 bits per heavy atom. The maximum atomic E-state index is 12.9. The number of fused-ring (bicyclic) bond motifs is 1. The van der Waals surface area contributed by atoms with Crippen LogP contribution in [0.25, 0.3) is 10.9 Å². The zero-order valence-electron chi connectivity index (χ0n) is 16.4. The highest BCUT2D eigenvalue weighted by atomic mass is 16.6. The summed E-state index contributed by atoms with van der Waals surface area (Å²) in [5.41, 5.74) is 0.468. The third-order valence-electron chi connectivity index (χ3n) is 4.37. The molecule has 0 aromatic carbocycles. The number of hydrogen-bond donors (Lipinski definition) is 1. The number of pyridine rings is 1. The van der Waals surface area contributed by atoms with Gasteiger partial charge in [0.1, 0.15) is 11.6 Å². The number of aromatic nitrogens is 2. The van der Waals surface area contributed by atoms with E-state index in [2.05, 4.69) is 10.3 Å². The first kappa shape index (κ1) is 19.8. The molecule has 0 radical (unpaired) electrons. The van der Waals surface area contributed by atoms with Crippen LogP contribution in [0.2, 0.25) is 0 Å².